The molecule has 70 valence electrons. The molecule has 0 heterocycles. The Balaban J connectivity index is 2.32. The Morgan fingerprint density at radius 2 is 2.23 bits per heavy atom. The van der Waals surface area contributed by atoms with E-state index in [0.29, 0.717) is 5.92 Å². The van der Waals surface area contributed by atoms with Gasteiger partial charge >= 0.3 is 0 Å². The van der Waals surface area contributed by atoms with Crippen LogP contribution >= 0.6 is 11.6 Å². The number of benzene rings is 1. The molecule has 1 saturated carbocycles. The molecule has 1 aromatic rings. The molecule has 0 spiro atoms. The molecule has 13 heavy (non-hydrogen) atoms. The maximum absolute atomic E-state index is 9.05. The zero-order valence-electron chi connectivity index (χ0n) is 7.63. The van der Waals surface area contributed by atoms with Gasteiger partial charge in [0.2, 0.25) is 0 Å². The highest BCUT2D eigenvalue weighted by molar-refractivity contribution is 6.31. The molecular formula is C11H13ClO. The van der Waals surface area contributed by atoms with Crippen LogP contribution in [0.1, 0.15) is 18.9 Å². The lowest BCUT2D eigenvalue weighted by Gasteiger charge is -2.12. The van der Waals surface area contributed by atoms with Crippen LogP contribution in [0, 0.1) is 5.92 Å². The number of hydrogen-bond donors (Lipinski definition) is 1. The summed E-state index contributed by atoms with van der Waals surface area (Å²) in [6.45, 7) is 2.43. The lowest BCUT2D eigenvalue weighted by Crippen LogP contribution is -2.07. The molecule has 0 saturated heterocycles. The average Bonchev–Trinajstić information content (AvgIpc) is 2.79. The molecule has 1 aliphatic rings. The second-order valence-electron chi connectivity index (χ2n) is 3.98. The number of aliphatic hydroxyl groups excluding tert-OH is 1. The molecule has 0 unspecified atom stereocenters. The molecule has 0 amide bonds. The van der Waals surface area contributed by atoms with Gasteiger partial charge in [0, 0.05) is 11.6 Å². The van der Waals surface area contributed by atoms with Crippen molar-refractivity contribution in [3.8, 4) is 0 Å². The summed E-state index contributed by atoms with van der Waals surface area (Å²) in [5.41, 5.74) is 1.29. The molecule has 1 aromatic carbocycles. The van der Waals surface area contributed by atoms with Crippen LogP contribution in [0.4, 0.5) is 0 Å². The summed E-state index contributed by atoms with van der Waals surface area (Å²) in [6.07, 6.45) is 1.05. The Bertz CT molecular complexity index is 324. The van der Waals surface area contributed by atoms with Gasteiger partial charge in [-0.25, -0.2) is 0 Å². The van der Waals surface area contributed by atoms with Gasteiger partial charge in [-0.15, -0.1) is 0 Å². The molecule has 1 N–H and O–H groups in total. The Labute approximate surface area is 83.3 Å². The zero-order valence-corrected chi connectivity index (χ0v) is 8.38. The summed E-state index contributed by atoms with van der Waals surface area (Å²) in [5, 5.41) is 9.87. The molecule has 0 aliphatic heterocycles. The van der Waals surface area contributed by atoms with Gasteiger partial charge in [-0.2, -0.15) is 0 Å². The van der Waals surface area contributed by atoms with Gasteiger partial charge in [0.1, 0.15) is 0 Å². The summed E-state index contributed by atoms with van der Waals surface area (Å²) in [4.78, 5) is 0. The Morgan fingerprint density at radius 3 is 2.77 bits per heavy atom. The maximum Gasteiger partial charge on any atom is 0.0468 e. The predicted molar refractivity (Wildman–Crippen MR) is 54.0 cm³/mol. The smallest absolute Gasteiger partial charge is 0.0468 e. The van der Waals surface area contributed by atoms with E-state index >= 15 is 0 Å². The van der Waals surface area contributed by atoms with E-state index in [1.54, 1.807) is 0 Å². The number of hydrogen-bond acceptors (Lipinski definition) is 1. The highest BCUT2D eigenvalue weighted by atomic mass is 35.5. The van der Waals surface area contributed by atoms with Crippen molar-refractivity contribution in [2.75, 3.05) is 6.61 Å². The molecule has 1 fully saturated rings. The topological polar surface area (TPSA) is 20.2 Å². The molecule has 0 bridgehead atoms. The quantitative estimate of drug-likeness (QED) is 0.771. The molecule has 1 nitrogen and oxygen atoms in total. The van der Waals surface area contributed by atoms with Gasteiger partial charge in [0.15, 0.2) is 0 Å². The van der Waals surface area contributed by atoms with Crippen molar-refractivity contribution in [3.05, 3.63) is 34.9 Å². The molecular weight excluding hydrogens is 184 g/mol. The Hall–Kier alpha value is -0.530. The molecule has 0 aromatic heterocycles. The first-order chi connectivity index (χ1) is 6.18. The lowest BCUT2D eigenvalue weighted by molar-refractivity contribution is 0.265. The fraction of sp³-hybridized carbons (Fsp3) is 0.455. The maximum atomic E-state index is 9.05. The Morgan fingerprint density at radius 1 is 1.54 bits per heavy atom. The van der Waals surface area contributed by atoms with Crippen LogP contribution in [0.25, 0.3) is 0 Å². The van der Waals surface area contributed by atoms with Crippen LogP contribution in [0.5, 0.6) is 0 Å². The highest BCUT2D eigenvalue weighted by Gasteiger charge is 2.51. The van der Waals surface area contributed by atoms with Crippen LogP contribution in [0.15, 0.2) is 24.3 Å². The van der Waals surface area contributed by atoms with E-state index in [1.807, 2.05) is 18.2 Å². The van der Waals surface area contributed by atoms with Crippen molar-refractivity contribution < 1.29 is 5.11 Å². The average molecular weight is 197 g/mol. The third-order valence-electron chi connectivity index (χ3n) is 3.12. The van der Waals surface area contributed by atoms with E-state index in [9.17, 15) is 0 Å². The second kappa shape index (κ2) is 3.00. The van der Waals surface area contributed by atoms with Crippen molar-refractivity contribution in [3.63, 3.8) is 0 Å². The van der Waals surface area contributed by atoms with Crippen molar-refractivity contribution in [1.82, 2.24) is 0 Å². The van der Waals surface area contributed by atoms with Crippen LogP contribution in [-0.2, 0) is 5.41 Å². The highest BCUT2D eigenvalue weighted by Crippen LogP contribution is 2.55. The normalized spacial score (nSPS) is 31.8. The molecule has 2 rings (SSSR count). The molecule has 0 radical (unpaired) electrons. The monoisotopic (exact) mass is 196 g/mol. The minimum absolute atomic E-state index is 0.118. The van der Waals surface area contributed by atoms with E-state index in [-0.39, 0.29) is 12.0 Å². The van der Waals surface area contributed by atoms with Gasteiger partial charge in [0.05, 0.1) is 0 Å². The van der Waals surface area contributed by atoms with Gasteiger partial charge in [-0.3, -0.25) is 0 Å². The van der Waals surface area contributed by atoms with Crippen LogP contribution in [0.2, 0.25) is 5.02 Å². The van der Waals surface area contributed by atoms with Gasteiger partial charge in [0.25, 0.3) is 0 Å². The Kier molecular flexibility index (Phi) is 2.09. The third kappa shape index (κ3) is 1.36. The molecule has 2 heteroatoms. The van der Waals surface area contributed by atoms with Crippen molar-refractivity contribution in [2.24, 2.45) is 5.92 Å². The first-order valence-electron chi connectivity index (χ1n) is 4.54. The SMILES string of the molecule is C[C@@]1(c2ccccc2Cl)C[C@H]1CO. The first-order valence-corrected chi connectivity index (χ1v) is 4.92. The van der Waals surface area contributed by atoms with Crippen molar-refractivity contribution >= 4 is 11.6 Å². The second-order valence-corrected chi connectivity index (χ2v) is 4.39. The van der Waals surface area contributed by atoms with Crippen LogP contribution < -0.4 is 0 Å². The van der Waals surface area contributed by atoms with Crippen LogP contribution in [0.3, 0.4) is 0 Å². The van der Waals surface area contributed by atoms with Crippen LogP contribution in [-0.4, -0.2) is 11.7 Å². The van der Waals surface area contributed by atoms with E-state index < -0.39 is 0 Å². The third-order valence-corrected chi connectivity index (χ3v) is 3.45. The summed E-state index contributed by atoms with van der Waals surface area (Å²) in [6, 6.07) is 7.90. The fourth-order valence-electron chi connectivity index (χ4n) is 1.97. The molecule has 1 aliphatic carbocycles. The van der Waals surface area contributed by atoms with Gasteiger partial charge < -0.3 is 5.11 Å². The summed E-state index contributed by atoms with van der Waals surface area (Å²) < 4.78 is 0. The standard InChI is InChI=1S/C11H13ClO/c1-11(6-8(11)7-13)9-4-2-3-5-10(9)12/h2-5,8,13H,6-7H2,1H3/t8-,11+/m0/s1. The minimum atomic E-state index is 0.118. The first kappa shape index (κ1) is 9.04. The van der Waals surface area contributed by atoms with Crippen molar-refractivity contribution in [2.45, 2.75) is 18.8 Å². The minimum Gasteiger partial charge on any atom is -0.396 e. The van der Waals surface area contributed by atoms with Gasteiger partial charge in [-0.1, -0.05) is 36.7 Å². The number of rotatable bonds is 2. The molecule has 2 atom stereocenters. The van der Waals surface area contributed by atoms with Gasteiger partial charge in [-0.05, 0) is 29.4 Å². The van der Waals surface area contributed by atoms with E-state index in [2.05, 4.69) is 13.0 Å². The summed E-state index contributed by atoms with van der Waals surface area (Å²) in [7, 11) is 0. The summed E-state index contributed by atoms with van der Waals surface area (Å²) in [5.74, 6) is 0.396. The number of aliphatic hydroxyl groups is 1. The predicted octanol–water partition coefficient (Wildman–Crippen LogP) is 2.61. The zero-order chi connectivity index (χ0) is 9.47. The summed E-state index contributed by atoms with van der Waals surface area (Å²) >= 11 is 6.09. The largest absolute Gasteiger partial charge is 0.396 e. The lowest BCUT2D eigenvalue weighted by atomic mass is 9.96. The fourth-order valence-corrected chi connectivity index (χ4v) is 2.32. The van der Waals surface area contributed by atoms with Crippen molar-refractivity contribution in [1.29, 1.82) is 0 Å². The van der Waals surface area contributed by atoms with E-state index in [0.717, 1.165) is 11.4 Å². The van der Waals surface area contributed by atoms with E-state index in [4.69, 9.17) is 16.7 Å². The van der Waals surface area contributed by atoms with E-state index in [1.165, 1.54) is 5.56 Å². The number of halogens is 1.